The van der Waals surface area contributed by atoms with Crippen LogP contribution in [-0.4, -0.2) is 41.9 Å². The van der Waals surface area contributed by atoms with Crippen LogP contribution in [0.5, 0.6) is 0 Å². The maximum absolute atomic E-state index is 13.0. The predicted molar refractivity (Wildman–Crippen MR) is 111 cm³/mol. The maximum atomic E-state index is 13.0. The zero-order chi connectivity index (χ0) is 20.9. The van der Waals surface area contributed by atoms with Crippen molar-refractivity contribution >= 4 is 34.2 Å². The maximum Gasteiger partial charge on any atom is 1.00 e. The fourth-order valence-corrected chi connectivity index (χ4v) is 2.95. The molecule has 0 spiro atoms. The average molecular weight is 439 g/mol. The first kappa shape index (κ1) is 21.7. The highest BCUT2D eigenvalue weighted by Gasteiger charge is 2.24. The van der Waals surface area contributed by atoms with Gasteiger partial charge < -0.3 is 28.4 Å². The van der Waals surface area contributed by atoms with Gasteiger partial charge in [-0.1, -0.05) is 30.3 Å². The number of H-pyrrole nitrogens is 1. The molecule has 0 saturated heterocycles. The standard InChI is InChI=1S/C20H18N8O2.ClH/c21-18-14-9-25-27-17(14)15(10-24-18)26-19(29)20(30)28(11-13-5-2-1-3-6-13)12-16-22-7-4-8-23-16;/h1-10H,11-12H2,(H2,21,24)(H,25,27)(H,26,29);1H. The second kappa shape index (κ2) is 9.63. The number of rotatable bonds is 5. The summed E-state index contributed by atoms with van der Waals surface area (Å²) in [6.45, 7) is 0.312. The minimum absolute atomic E-state index is 0. The number of pyridine rings is 1. The lowest BCUT2D eigenvalue weighted by Gasteiger charge is -2.21. The Hall–Kier alpha value is -4.05. The van der Waals surface area contributed by atoms with Crippen LogP contribution in [0, 0.1) is 0 Å². The van der Waals surface area contributed by atoms with Crippen LogP contribution in [0.3, 0.4) is 0 Å². The fraction of sp³-hybridized carbons (Fsp3) is 0.100. The Morgan fingerprint density at radius 1 is 1.03 bits per heavy atom. The number of fused-ring (bicyclic) bond motifs is 1. The van der Waals surface area contributed by atoms with Crippen molar-refractivity contribution in [1.29, 1.82) is 0 Å². The molecule has 0 fully saturated rings. The molecule has 0 aliphatic carbocycles. The van der Waals surface area contributed by atoms with Gasteiger partial charge in [0.2, 0.25) is 0 Å². The molecule has 0 bridgehead atoms. The lowest BCUT2D eigenvalue weighted by molar-refractivity contribution is -0.144. The number of nitrogen functional groups attached to an aromatic ring is 1. The van der Waals surface area contributed by atoms with Gasteiger partial charge in [0, 0.05) is 18.9 Å². The summed E-state index contributed by atoms with van der Waals surface area (Å²) in [7, 11) is 0. The van der Waals surface area contributed by atoms with Crippen molar-refractivity contribution in [1.82, 2.24) is 30.0 Å². The quantitative estimate of drug-likeness (QED) is 0.326. The van der Waals surface area contributed by atoms with Crippen molar-refractivity contribution < 1.29 is 23.4 Å². The topological polar surface area (TPSA) is 143 Å². The van der Waals surface area contributed by atoms with Crippen molar-refractivity contribution in [3.8, 4) is 0 Å². The number of halogens is 1. The van der Waals surface area contributed by atoms with Crippen molar-refractivity contribution in [3.05, 3.63) is 72.6 Å². The highest BCUT2D eigenvalue weighted by atomic mass is 35.5. The molecule has 0 atom stereocenters. The largest absolute Gasteiger partial charge is 1.00 e. The van der Waals surface area contributed by atoms with Crippen LogP contribution in [0.1, 0.15) is 12.8 Å². The van der Waals surface area contributed by atoms with Gasteiger partial charge in [-0.25, -0.2) is 15.0 Å². The van der Waals surface area contributed by atoms with E-state index >= 15 is 0 Å². The van der Waals surface area contributed by atoms with Gasteiger partial charge >= 0.3 is 13.2 Å². The number of nitrogens with zero attached hydrogens (tertiary/aromatic N) is 5. The molecule has 0 radical (unpaired) electrons. The Morgan fingerprint density at radius 2 is 1.77 bits per heavy atom. The lowest BCUT2D eigenvalue weighted by Crippen LogP contribution is -3.00. The SMILES string of the molecule is Nc1ncc(NC(=O)C(=O)N(Cc2ccccc2)Cc2ncccn2)c2[nH]ncc12.[Cl-].[H+]. The molecular formula is C20H19ClN8O2. The third-order valence-electron chi connectivity index (χ3n) is 4.41. The molecule has 3 aromatic heterocycles. The number of carbonyl (C=O) groups excluding carboxylic acids is 2. The molecule has 0 aliphatic heterocycles. The van der Waals surface area contributed by atoms with Crippen LogP contribution in [-0.2, 0) is 22.7 Å². The number of nitrogens with one attached hydrogen (secondary N) is 2. The van der Waals surface area contributed by atoms with Gasteiger partial charge in [0.05, 0.1) is 35.5 Å². The van der Waals surface area contributed by atoms with E-state index in [1.54, 1.807) is 18.5 Å². The van der Waals surface area contributed by atoms with E-state index in [2.05, 4.69) is 30.5 Å². The lowest BCUT2D eigenvalue weighted by atomic mass is 10.2. The first-order valence-corrected chi connectivity index (χ1v) is 9.09. The number of hydrogen-bond acceptors (Lipinski definition) is 7. The minimum Gasteiger partial charge on any atom is -1.00 e. The van der Waals surface area contributed by atoms with E-state index in [9.17, 15) is 9.59 Å². The Balaban J connectivity index is 0.00000181. The van der Waals surface area contributed by atoms with Crippen molar-refractivity contribution in [2.24, 2.45) is 0 Å². The second-order valence-corrected chi connectivity index (χ2v) is 6.48. The predicted octanol–water partition coefficient (Wildman–Crippen LogP) is -1.39. The van der Waals surface area contributed by atoms with Crippen LogP contribution in [0.4, 0.5) is 11.5 Å². The minimum atomic E-state index is -0.815. The molecule has 2 amide bonds. The zero-order valence-corrected chi connectivity index (χ0v) is 17.0. The summed E-state index contributed by atoms with van der Waals surface area (Å²) in [5, 5.41) is 9.81. The number of anilines is 2. The van der Waals surface area contributed by atoms with Gasteiger partial charge in [-0.3, -0.25) is 14.7 Å². The third-order valence-corrected chi connectivity index (χ3v) is 4.41. The molecule has 4 N–H and O–H groups in total. The summed E-state index contributed by atoms with van der Waals surface area (Å²) in [5.41, 5.74) is 7.48. The Labute approximate surface area is 184 Å². The number of aromatic nitrogens is 5. The van der Waals surface area contributed by atoms with E-state index in [4.69, 9.17) is 5.73 Å². The number of benzene rings is 1. The van der Waals surface area contributed by atoms with Gasteiger partial charge in [0.1, 0.15) is 11.6 Å². The van der Waals surface area contributed by atoms with Gasteiger partial charge in [0.15, 0.2) is 0 Å². The molecule has 31 heavy (non-hydrogen) atoms. The number of amides is 2. The molecule has 0 saturated carbocycles. The molecule has 3 heterocycles. The summed E-state index contributed by atoms with van der Waals surface area (Å²) in [5.74, 6) is -0.838. The van der Waals surface area contributed by atoms with Crippen molar-refractivity contribution in [2.45, 2.75) is 13.1 Å². The highest BCUT2D eigenvalue weighted by Crippen LogP contribution is 2.24. The van der Waals surface area contributed by atoms with Gasteiger partial charge in [-0.15, -0.1) is 0 Å². The molecular weight excluding hydrogens is 420 g/mol. The highest BCUT2D eigenvalue weighted by molar-refractivity contribution is 6.40. The van der Waals surface area contributed by atoms with Crippen LogP contribution in [0.25, 0.3) is 10.9 Å². The normalized spacial score (nSPS) is 10.3. The van der Waals surface area contributed by atoms with Crippen LogP contribution >= 0.6 is 0 Å². The molecule has 11 heteroatoms. The van der Waals surface area contributed by atoms with Crippen LogP contribution in [0.15, 0.2) is 61.2 Å². The smallest absolute Gasteiger partial charge is 1.00 e. The summed E-state index contributed by atoms with van der Waals surface area (Å²) < 4.78 is 0. The fourth-order valence-electron chi connectivity index (χ4n) is 2.95. The summed E-state index contributed by atoms with van der Waals surface area (Å²) in [6, 6.07) is 11.1. The van der Waals surface area contributed by atoms with Crippen LogP contribution < -0.4 is 23.5 Å². The van der Waals surface area contributed by atoms with Crippen LogP contribution in [0.2, 0.25) is 0 Å². The average Bonchev–Trinajstić information content (AvgIpc) is 3.27. The molecule has 0 aliphatic rings. The number of aromatic amines is 1. The van der Waals surface area contributed by atoms with Crippen molar-refractivity contribution in [2.75, 3.05) is 11.1 Å². The molecule has 158 valence electrons. The van der Waals surface area contributed by atoms with E-state index in [0.717, 1.165) is 5.56 Å². The van der Waals surface area contributed by atoms with E-state index in [-0.39, 0.29) is 32.7 Å². The van der Waals surface area contributed by atoms with E-state index in [1.165, 1.54) is 17.3 Å². The summed E-state index contributed by atoms with van der Waals surface area (Å²) in [4.78, 5) is 39.5. The monoisotopic (exact) mass is 438 g/mol. The first-order chi connectivity index (χ1) is 14.6. The van der Waals surface area contributed by atoms with Gasteiger partial charge in [-0.05, 0) is 11.6 Å². The molecule has 1 aromatic carbocycles. The Morgan fingerprint density at radius 3 is 2.52 bits per heavy atom. The van der Waals surface area contributed by atoms with Gasteiger partial charge in [0.25, 0.3) is 0 Å². The Kier molecular flexibility index (Phi) is 6.73. The van der Waals surface area contributed by atoms with Gasteiger partial charge in [-0.2, -0.15) is 5.10 Å². The number of hydrogen-bond donors (Lipinski definition) is 3. The third kappa shape index (κ3) is 4.93. The summed E-state index contributed by atoms with van der Waals surface area (Å²) >= 11 is 0. The van der Waals surface area contributed by atoms with E-state index in [0.29, 0.717) is 22.4 Å². The Bertz CT molecular complexity index is 1150. The van der Waals surface area contributed by atoms with Crippen molar-refractivity contribution in [3.63, 3.8) is 0 Å². The van der Waals surface area contributed by atoms with E-state index < -0.39 is 11.8 Å². The summed E-state index contributed by atoms with van der Waals surface area (Å²) in [6.07, 6.45) is 6.05. The van der Waals surface area contributed by atoms with E-state index in [1.807, 2.05) is 30.3 Å². The first-order valence-electron chi connectivity index (χ1n) is 9.09. The molecule has 10 nitrogen and oxygen atoms in total. The molecule has 0 unspecified atom stereocenters. The number of nitrogens with two attached hydrogens (primary N) is 1. The second-order valence-electron chi connectivity index (χ2n) is 6.48. The molecule has 4 aromatic rings. The number of carbonyl (C=O) groups is 2. The zero-order valence-electron chi connectivity index (χ0n) is 17.2. The molecule has 4 rings (SSSR count).